The minimum Gasteiger partial charge on any atom is -0.444 e. The van der Waals surface area contributed by atoms with Crippen LogP contribution in [-0.2, 0) is 19.1 Å². The number of nitrogens with one attached hydrogen (secondary N) is 2. The number of aliphatic hydroxyl groups excluding tert-OH is 1. The van der Waals surface area contributed by atoms with E-state index in [2.05, 4.69) is 10.3 Å². The van der Waals surface area contributed by atoms with Crippen LogP contribution in [0.5, 0.6) is 0 Å². The molecule has 41 heavy (non-hydrogen) atoms. The Labute approximate surface area is 246 Å². The van der Waals surface area contributed by atoms with Crippen LogP contribution in [0.2, 0.25) is 0 Å². The van der Waals surface area contributed by atoms with Gasteiger partial charge in [-0.1, -0.05) is 47.5 Å². The number of nitrogens with zero attached hydrogens (tertiary/aromatic N) is 3. The molecule has 232 valence electrons. The van der Waals surface area contributed by atoms with Crippen LogP contribution < -0.4 is 10.8 Å². The van der Waals surface area contributed by atoms with Crippen molar-refractivity contribution < 1.29 is 34.2 Å². The maximum absolute atomic E-state index is 14.2. The van der Waals surface area contributed by atoms with Gasteiger partial charge in [-0.15, -0.1) is 11.3 Å². The predicted octanol–water partition coefficient (Wildman–Crippen LogP) is 2.85. The van der Waals surface area contributed by atoms with Gasteiger partial charge in [0.1, 0.15) is 22.8 Å². The van der Waals surface area contributed by atoms with Crippen molar-refractivity contribution in [1.82, 2.24) is 25.6 Å². The maximum Gasteiger partial charge on any atom is 0.307 e. The lowest BCUT2D eigenvalue weighted by atomic mass is 9.92. The van der Waals surface area contributed by atoms with E-state index < -0.39 is 30.1 Å². The molecule has 2 heterocycles. The number of carbonyl (C=O) groups excluding carboxylic acids is 4. The zero-order valence-corrected chi connectivity index (χ0v) is 25.9. The molecule has 13 heteroatoms. The monoisotopic (exact) mass is 597 g/mol. The molecule has 0 spiro atoms. The van der Waals surface area contributed by atoms with Crippen LogP contribution >= 0.6 is 11.3 Å². The topological polar surface area (TPSA) is 161 Å². The summed E-state index contributed by atoms with van der Waals surface area (Å²) in [7, 11) is 1.91. The summed E-state index contributed by atoms with van der Waals surface area (Å²) in [5, 5.41) is 24.6. The molecule has 2 rings (SSSR count). The number of likely N-dealkylation sites (N-methyl/N-ethyl adjacent to an activating group) is 1. The highest BCUT2D eigenvalue weighted by Gasteiger charge is 2.38. The first-order valence-corrected chi connectivity index (χ1v) is 15.4. The van der Waals surface area contributed by atoms with E-state index >= 15 is 0 Å². The number of ether oxygens (including phenoxy) is 1. The van der Waals surface area contributed by atoms with E-state index in [0.717, 1.165) is 30.7 Å². The molecule has 3 amide bonds. The summed E-state index contributed by atoms with van der Waals surface area (Å²) >= 11 is 1.06. The van der Waals surface area contributed by atoms with E-state index in [-0.39, 0.29) is 60.0 Å². The molecule has 12 nitrogen and oxygen atoms in total. The van der Waals surface area contributed by atoms with Gasteiger partial charge in [0.25, 0.3) is 5.91 Å². The van der Waals surface area contributed by atoms with Crippen molar-refractivity contribution in [2.45, 2.75) is 104 Å². The molecule has 4 N–H and O–H groups in total. The maximum atomic E-state index is 14.2. The third-order valence-electron chi connectivity index (χ3n) is 7.73. The number of carbonyl (C=O) groups is 4. The Morgan fingerprint density at radius 1 is 1.22 bits per heavy atom. The van der Waals surface area contributed by atoms with Gasteiger partial charge in [0, 0.05) is 24.3 Å². The highest BCUT2D eigenvalue weighted by atomic mass is 32.1. The van der Waals surface area contributed by atoms with Crippen molar-refractivity contribution in [3.8, 4) is 0 Å². The summed E-state index contributed by atoms with van der Waals surface area (Å²) in [4.78, 5) is 59.2. The smallest absolute Gasteiger partial charge is 0.307 e. The van der Waals surface area contributed by atoms with Gasteiger partial charge in [0.2, 0.25) is 11.8 Å². The molecule has 0 radical (unpaired) electrons. The summed E-state index contributed by atoms with van der Waals surface area (Å²) in [5.74, 6) is -2.20. The highest BCUT2D eigenvalue weighted by Crippen LogP contribution is 2.29. The van der Waals surface area contributed by atoms with Crippen molar-refractivity contribution in [3.05, 3.63) is 16.1 Å². The number of piperidine rings is 1. The third-order valence-corrected chi connectivity index (χ3v) is 8.67. The minimum atomic E-state index is -1.14. The molecule has 1 saturated heterocycles. The highest BCUT2D eigenvalue weighted by molar-refractivity contribution is 7.09. The number of esters is 1. The average molecular weight is 598 g/mol. The van der Waals surface area contributed by atoms with Crippen LogP contribution in [0.25, 0.3) is 0 Å². The number of hydroxylamine groups is 1. The Kier molecular flexibility index (Phi) is 14.1. The lowest BCUT2D eigenvalue weighted by Crippen LogP contribution is -2.59. The molecule has 0 aliphatic carbocycles. The number of thiazole rings is 1. The second-order valence-electron chi connectivity index (χ2n) is 11.1. The lowest BCUT2D eigenvalue weighted by Gasteiger charge is -2.39. The van der Waals surface area contributed by atoms with Crippen molar-refractivity contribution in [3.63, 3.8) is 0 Å². The van der Waals surface area contributed by atoms with Gasteiger partial charge in [0.05, 0.1) is 6.04 Å². The SMILES string of the molecule is CCCC(=O)OCN(C(=O)[C@@H](NC(=O)[C@H]1CCCCN1C)C(C)CC)[C@H](C[C@@H](O)c1nc(C(=O)NO)cs1)C(C)C. The summed E-state index contributed by atoms with van der Waals surface area (Å²) in [6, 6.07) is -1.77. The van der Waals surface area contributed by atoms with Crippen LogP contribution in [-0.4, -0.2) is 87.2 Å². The van der Waals surface area contributed by atoms with Gasteiger partial charge in [-0.2, -0.15) is 0 Å². The largest absolute Gasteiger partial charge is 0.444 e. The molecular formula is C28H47N5O7S. The van der Waals surface area contributed by atoms with Gasteiger partial charge in [0.15, 0.2) is 6.73 Å². The Morgan fingerprint density at radius 2 is 1.93 bits per heavy atom. The molecule has 0 aromatic carbocycles. The fourth-order valence-electron chi connectivity index (χ4n) is 4.95. The first-order chi connectivity index (χ1) is 19.4. The molecule has 0 bridgehead atoms. The predicted molar refractivity (Wildman–Crippen MR) is 154 cm³/mol. The molecule has 1 unspecified atom stereocenters. The van der Waals surface area contributed by atoms with Crippen LogP contribution in [0, 0.1) is 11.8 Å². The summed E-state index contributed by atoms with van der Waals surface area (Å²) < 4.78 is 5.51. The normalized spacial score (nSPS) is 18.7. The number of hydrogen-bond donors (Lipinski definition) is 4. The number of aromatic nitrogens is 1. The van der Waals surface area contributed by atoms with Crippen LogP contribution in [0.3, 0.4) is 0 Å². The van der Waals surface area contributed by atoms with E-state index in [1.54, 1.807) is 0 Å². The molecule has 5 atom stereocenters. The first-order valence-electron chi connectivity index (χ1n) is 14.5. The Bertz CT molecular complexity index is 1020. The van der Waals surface area contributed by atoms with Gasteiger partial charge < -0.3 is 20.1 Å². The molecule has 1 aromatic rings. The number of aliphatic hydroxyl groups is 1. The zero-order chi connectivity index (χ0) is 30.7. The van der Waals surface area contributed by atoms with Gasteiger partial charge in [-0.3, -0.25) is 29.3 Å². The first kappa shape index (κ1) is 34.6. The van der Waals surface area contributed by atoms with Crippen molar-refractivity contribution >= 4 is 35.0 Å². The van der Waals surface area contributed by atoms with E-state index in [1.165, 1.54) is 15.8 Å². The molecule has 0 saturated carbocycles. The molecule has 1 aliphatic heterocycles. The van der Waals surface area contributed by atoms with Crippen LogP contribution in [0.15, 0.2) is 5.38 Å². The third kappa shape index (κ3) is 9.73. The molecule has 1 fully saturated rings. The Balaban J connectivity index is 2.37. The molecular weight excluding hydrogens is 550 g/mol. The fraction of sp³-hybridized carbons (Fsp3) is 0.750. The van der Waals surface area contributed by atoms with E-state index in [9.17, 15) is 24.3 Å². The van der Waals surface area contributed by atoms with Gasteiger partial charge in [-0.25, -0.2) is 10.5 Å². The fourth-order valence-corrected chi connectivity index (χ4v) is 5.75. The molecule has 1 aromatic heterocycles. The van der Waals surface area contributed by atoms with E-state index in [0.29, 0.717) is 19.3 Å². The average Bonchev–Trinajstić information content (AvgIpc) is 3.45. The van der Waals surface area contributed by atoms with Gasteiger partial charge >= 0.3 is 5.97 Å². The quantitative estimate of drug-likeness (QED) is 0.103. The lowest BCUT2D eigenvalue weighted by molar-refractivity contribution is -0.159. The van der Waals surface area contributed by atoms with Crippen molar-refractivity contribution in [1.29, 1.82) is 0 Å². The second kappa shape index (κ2) is 16.7. The Morgan fingerprint density at radius 3 is 2.51 bits per heavy atom. The van der Waals surface area contributed by atoms with Gasteiger partial charge in [-0.05, 0) is 44.7 Å². The standard InChI is InChI=1S/C28H47N5O7S/c1-7-11-23(35)40-16-33(21(17(3)4)14-22(34)27-29-19(15-41-27)25(36)31-39)28(38)24(18(5)8-2)30-26(37)20-12-9-10-13-32(20)6/h15,17-18,20-22,24,34,39H,7-14,16H2,1-6H3,(H,30,37)(H,31,36)/t18?,20-,21-,22-,24+/m1/s1. The summed E-state index contributed by atoms with van der Waals surface area (Å²) in [6.07, 6.45) is 3.01. The van der Waals surface area contributed by atoms with Crippen molar-refractivity contribution in [2.75, 3.05) is 20.3 Å². The number of likely N-dealkylation sites (tertiary alicyclic amines) is 1. The number of hydrogen-bond acceptors (Lipinski definition) is 10. The Hall–Kier alpha value is -2.61. The van der Waals surface area contributed by atoms with E-state index in [4.69, 9.17) is 9.94 Å². The number of amides is 3. The minimum absolute atomic E-state index is 0.0405. The molecule has 1 aliphatic rings. The number of rotatable bonds is 15. The summed E-state index contributed by atoms with van der Waals surface area (Å²) in [5.41, 5.74) is 1.48. The van der Waals surface area contributed by atoms with E-state index in [1.807, 2.05) is 46.6 Å². The van der Waals surface area contributed by atoms with Crippen LogP contribution in [0.1, 0.15) is 101 Å². The second-order valence-corrected chi connectivity index (χ2v) is 12.0. The van der Waals surface area contributed by atoms with Crippen LogP contribution in [0.4, 0.5) is 0 Å². The van der Waals surface area contributed by atoms with Crippen molar-refractivity contribution in [2.24, 2.45) is 11.8 Å². The zero-order valence-electron chi connectivity index (χ0n) is 25.1. The summed E-state index contributed by atoms with van der Waals surface area (Å²) in [6.45, 7) is 9.98.